The number of allylic oxidation sites excluding steroid dienone is 2. The monoisotopic (exact) mass is 956 g/mol. The summed E-state index contributed by atoms with van der Waals surface area (Å²) >= 11 is 0. The Morgan fingerprint density at radius 3 is 1.81 bits per heavy atom. The number of rotatable bonds is 10. The van der Waals surface area contributed by atoms with Gasteiger partial charge in [0, 0.05) is 0 Å². The molecule has 67 heavy (non-hydrogen) atoms. The first-order chi connectivity index (χ1) is 31.2. The normalized spacial score (nSPS) is 52.7. The van der Waals surface area contributed by atoms with Crippen molar-refractivity contribution in [3.05, 3.63) is 11.6 Å². The fourth-order valence-electron chi connectivity index (χ4n) is 15.1. The maximum Gasteiger partial charge on any atom is 0.335 e. The third-order valence-corrected chi connectivity index (χ3v) is 19.3. The Balaban J connectivity index is 1.06. The van der Waals surface area contributed by atoms with E-state index in [2.05, 4.69) is 54.5 Å². The summed E-state index contributed by atoms with van der Waals surface area (Å²) in [6, 6.07) is 0. The Morgan fingerprint density at radius 1 is 0.627 bits per heavy atom. The SMILES string of the molecule is CC1(C)CC[C@]2(C(=O)O)CC[C@]3(C)C(=CCC4[C@@]5(C)CC[C@H](O[C@@H]6O[C@H](C(=O)O)[C@@H](O)[C@H](O)[C@H]6O[C@@H]6O[C@H](CO)[C@@H](O)[C@H](O)[C@H]6O[C@@H]6O[C@H](CO)[C@@H](O)[C@H](O)[C@H]6O)C(C)(C)C5CC[C@]43C)[C@@H]2C1. The highest BCUT2D eigenvalue weighted by Gasteiger charge is 2.70. The molecule has 11 N–H and O–H groups in total. The number of hydrogen-bond acceptors (Lipinski definition) is 17. The number of fused-ring (bicyclic) bond motifs is 7. The molecular weight excluding hydrogens is 881 g/mol. The molecule has 23 atom stereocenters. The second-order valence-corrected chi connectivity index (χ2v) is 23.5. The summed E-state index contributed by atoms with van der Waals surface area (Å²) in [5.74, 6) is -1.96. The maximum atomic E-state index is 13.2. The smallest absolute Gasteiger partial charge is 0.335 e. The lowest BCUT2D eigenvalue weighted by Gasteiger charge is -2.71. The summed E-state index contributed by atoms with van der Waals surface area (Å²) in [6.07, 6.45) is -17.9. The minimum atomic E-state index is -2.07. The average molecular weight is 957 g/mol. The first kappa shape index (κ1) is 51.4. The van der Waals surface area contributed by atoms with Crippen molar-refractivity contribution in [3.63, 3.8) is 0 Å². The molecule has 0 aromatic heterocycles. The van der Waals surface area contributed by atoms with Crippen LogP contribution in [0.3, 0.4) is 0 Å². The van der Waals surface area contributed by atoms with E-state index in [-0.39, 0.29) is 39.4 Å². The Labute approximate surface area is 391 Å². The summed E-state index contributed by atoms with van der Waals surface area (Å²) in [7, 11) is 0. The Bertz CT molecular complexity index is 1880. The number of ether oxygens (including phenoxy) is 6. The highest BCUT2D eigenvalue weighted by atomic mass is 16.8. The van der Waals surface area contributed by atoms with Gasteiger partial charge in [0.05, 0.1) is 24.7 Å². The van der Waals surface area contributed by atoms with E-state index in [0.717, 1.165) is 44.9 Å². The molecule has 8 rings (SSSR count). The summed E-state index contributed by atoms with van der Waals surface area (Å²) in [6.45, 7) is 14.3. The van der Waals surface area contributed by atoms with E-state index in [0.29, 0.717) is 19.3 Å². The van der Waals surface area contributed by atoms with Gasteiger partial charge in [0.15, 0.2) is 25.0 Å². The second-order valence-electron chi connectivity index (χ2n) is 23.5. The largest absolute Gasteiger partial charge is 0.481 e. The number of hydrogen-bond donors (Lipinski definition) is 11. The van der Waals surface area contributed by atoms with Gasteiger partial charge in [-0.15, -0.1) is 0 Å². The lowest BCUT2D eigenvalue weighted by atomic mass is 9.33. The van der Waals surface area contributed by atoms with Gasteiger partial charge in [0.2, 0.25) is 0 Å². The van der Waals surface area contributed by atoms with Gasteiger partial charge in [0.1, 0.15) is 67.1 Å². The number of carboxylic acids is 2. The van der Waals surface area contributed by atoms with Crippen LogP contribution < -0.4 is 0 Å². The van der Waals surface area contributed by atoms with E-state index in [1.54, 1.807) is 0 Å². The molecular formula is C48H76O19. The lowest BCUT2D eigenvalue weighted by molar-refractivity contribution is -0.396. The summed E-state index contributed by atoms with van der Waals surface area (Å²) in [4.78, 5) is 25.6. The molecule has 3 heterocycles. The Kier molecular flexibility index (Phi) is 13.8. The minimum absolute atomic E-state index is 0.0260. The van der Waals surface area contributed by atoms with Crippen molar-refractivity contribution in [1.82, 2.24) is 0 Å². The number of aliphatic hydroxyl groups excluding tert-OH is 9. The van der Waals surface area contributed by atoms with E-state index in [4.69, 9.17) is 28.4 Å². The molecule has 382 valence electrons. The predicted octanol–water partition coefficient (Wildman–Crippen LogP) is 0.799. The molecule has 4 saturated carbocycles. The molecule has 0 amide bonds. The molecule has 0 radical (unpaired) electrons. The molecule has 3 aliphatic heterocycles. The van der Waals surface area contributed by atoms with Crippen LogP contribution in [0.2, 0.25) is 0 Å². The molecule has 8 aliphatic rings. The van der Waals surface area contributed by atoms with E-state index < -0.39 is 134 Å². The molecule has 19 nitrogen and oxygen atoms in total. The Hall–Kier alpha value is -1.92. The van der Waals surface area contributed by atoms with Crippen molar-refractivity contribution in [2.75, 3.05) is 13.2 Å². The molecule has 2 unspecified atom stereocenters. The molecule has 0 aromatic rings. The van der Waals surface area contributed by atoms with Gasteiger partial charge in [-0.3, -0.25) is 4.79 Å². The van der Waals surface area contributed by atoms with Crippen molar-refractivity contribution in [3.8, 4) is 0 Å². The van der Waals surface area contributed by atoms with Gasteiger partial charge >= 0.3 is 11.9 Å². The summed E-state index contributed by atoms with van der Waals surface area (Å²) < 4.78 is 36.1. The van der Waals surface area contributed by atoms with Crippen molar-refractivity contribution in [2.24, 2.45) is 50.2 Å². The van der Waals surface area contributed by atoms with Crippen LogP contribution in [0.1, 0.15) is 113 Å². The number of carboxylic acid groups (broad SMARTS) is 2. The van der Waals surface area contributed by atoms with Gasteiger partial charge in [-0.2, -0.15) is 0 Å². The van der Waals surface area contributed by atoms with Gasteiger partial charge in [0.25, 0.3) is 0 Å². The van der Waals surface area contributed by atoms with Crippen LogP contribution in [0.4, 0.5) is 0 Å². The third kappa shape index (κ3) is 8.06. The van der Waals surface area contributed by atoms with Crippen LogP contribution >= 0.6 is 0 Å². The average Bonchev–Trinajstić information content (AvgIpc) is 3.26. The van der Waals surface area contributed by atoms with Crippen molar-refractivity contribution >= 4 is 11.9 Å². The van der Waals surface area contributed by atoms with Crippen LogP contribution in [0.15, 0.2) is 11.6 Å². The van der Waals surface area contributed by atoms with Crippen molar-refractivity contribution in [1.29, 1.82) is 0 Å². The Morgan fingerprint density at radius 2 is 1.19 bits per heavy atom. The minimum Gasteiger partial charge on any atom is -0.481 e. The second kappa shape index (κ2) is 18.0. The van der Waals surface area contributed by atoms with Crippen LogP contribution in [-0.2, 0) is 38.0 Å². The molecule has 0 bridgehead atoms. The molecule has 19 heteroatoms. The number of aliphatic hydroxyl groups is 9. The molecule has 3 saturated heterocycles. The van der Waals surface area contributed by atoms with E-state index in [9.17, 15) is 65.8 Å². The zero-order valence-corrected chi connectivity index (χ0v) is 39.7. The maximum absolute atomic E-state index is 13.2. The van der Waals surface area contributed by atoms with E-state index in [1.165, 1.54) is 5.57 Å². The van der Waals surface area contributed by atoms with Crippen molar-refractivity contribution < 1.29 is 94.2 Å². The van der Waals surface area contributed by atoms with Crippen LogP contribution in [0, 0.1) is 50.2 Å². The summed E-state index contributed by atoms with van der Waals surface area (Å²) in [5, 5.41) is 117. The quantitative estimate of drug-likeness (QED) is 0.107. The first-order valence-electron chi connectivity index (χ1n) is 24.3. The fraction of sp³-hybridized carbons (Fsp3) is 0.917. The van der Waals surface area contributed by atoms with Gasteiger partial charge in [-0.25, -0.2) is 4.79 Å². The number of carbonyl (C=O) groups is 2. The van der Waals surface area contributed by atoms with Gasteiger partial charge < -0.3 is 84.6 Å². The zero-order valence-electron chi connectivity index (χ0n) is 39.7. The van der Waals surface area contributed by atoms with Crippen LogP contribution in [-0.4, -0.2) is 180 Å². The van der Waals surface area contributed by atoms with Crippen LogP contribution in [0.5, 0.6) is 0 Å². The molecule has 0 aromatic carbocycles. The number of aliphatic carboxylic acids is 2. The van der Waals surface area contributed by atoms with Gasteiger partial charge in [-0.05, 0) is 109 Å². The van der Waals surface area contributed by atoms with Crippen LogP contribution in [0.25, 0.3) is 0 Å². The molecule has 7 fully saturated rings. The lowest BCUT2D eigenvalue weighted by Crippen LogP contribution is -2.68. The van der Waals surface area contributed by atoms with Gasteiger partial charge in [-0.1, -0.05) is 60.1 Å². The molecule has 0 spiro atoms. The topological polar surface area (TPSA) is 312 Å². The summed E-state index contributed by atoms with van der Waals surface area (Å²) in [5.41, 5.74) is -0.505. The zero-order chi connectivity index (χ0) is 49.1. The standard InChI is InChI=1S/C48H76O19/c1-43(2)14-16-48(42(60)61)17-15-46(6)21(22(48)18-43)8-9-26-45(5)12-11-27(44(3,4)25(45)10-13-47(26,46)7)64-41-37(33(56)32(55)35(65-41)38(58)59)67-40-36(31(54)29(52)24(20-50)63-40)66-39-34(57)30(53)28(51)23(19-49)62-39/h8,22-37,39-41,49-57H,9-20H2,1-7H3,(H,58,59)(H,60,61)/t22-,23+,24+,25?,26?,27-,28+,29+,30-,31-,32-,33-,34+,35-,36+,37+,39-,40-,41+,45-,46+,47+,48-/m0/s1. The highest BCUT2D eigenvalue weighted by Crippen LogP contribution is 2.76. The van der Waals surface area contributed by atoms with Crippen molar-refractivity contribution in [2.45, 2.75) is 211 Å². The fourth-order valence-corrected chi connectivity index (χ4v) is 15.1. The van der Waals surface area contributed by atoms with E-state index >= 15 is 0 Å². The van der Waals surface area contributed by atoms with E-state index in [1.807, 2.05) is 0 Å². The molecule has 5 aliphatic carbocycles. The third-order valence-electron chi connectivity index (χ3n) is 19.3. The predicted molar refractivity (Wildman–Crippen MR) is 231 cm³/mol. The first-order valence-corrected chi connectivity index (χ1v) is 24.3. The highest BCUT2D eigenvalue weighted by molar-refractivity contribution is 5.76.